The molecule has 0 unspecified atom stereocenters. The lowest BCUT2D eigenvalue weighted by Crippen LogP contribution is -2.27. The van der Waals surface area contributed by atoms with E-state index in [4.69, 9.17) is 11.6 Å². The highest BCUT2D eigenvalue weighted by Gasteiger charge is 2.03. The van der Waals surface area contributed by atoms with Crippen molar-refractivity contribution in [3.8, 4) is 0 Å². The van der Waals surface area contributed by atoms with Crippen molar-refractivity contribution in [1.82, 2.24) is 5.32 Å². The van der Waals surface area contributed by atoms with Gasteiger partial charge in [0.1, 0.15) is 0 Å². The van der Waals surface area contributed by atoms with Crippen LogP contribution >= 0.6 is 51.1 Å². The number of amides is 1. The smallest absolute Gasteiger partial charge is 0.230 e. The van der Waals surface area contributed by atoms with Crippen LogP contribution in [0.15, 0.2) is 57.9 Å². The first kappa shape index (κ1) is 18.7. The third-order valence-electron chi connectivity index (χ3n) is 2.96. The van der Waals surface area contributed by atoms with E-state index in [-0.39, 0.29) is 5.91 Å². The number of carbonyl (C=O) groups is 1. The van der Waals surface area contributed by atoms with E-state index in [2.05, 4.69) is 27.3 Å². The molecule has 122 valence electrons. The second-order valence-electron chi connectivity index (χ2n) is 4.74. The molecule has 0 aromatic heterocycles. The SMILES string of the molecule is O=C(CSCc1ccccc1Br)NCCSc1ccc(Cl)cc1. The second kappa shape index (κ2) is 10.3. The van der Waals surface area contributed by atoms with Crippen LogP contribution in [0.25, 0.3) is 0 Å². The maximum absolute atomic E-state index is 11.8. The van der Waals surface area contributed by atoms with Crippen LogP contribution in [-0.2, 0) is 10.5 Å². The van der Waals surface area contributed by atoms with E-state index in [0.29, 0.717) is 12.3 Å². The molecule has 0 heterocycles. The van der Waals surface area contributed by atoms with Crippen molar-refractivity contribution < 1.29 is 4.79 Å². The molecule has 0 spiro atoms. The highest BCUT2D eigenvalue weighted by Crippen LogP contribution is 2.21. The molecule has 0 aliphatic carbocycles. The fourth-order valence-electron chi connectivity index (χ4n) is 1.81. The number of nitrogens with one attached hydrogen (secondary N) is 1. The largest absolute Gasteiger partial charge is 0.355 e. The molecule has 0 fully saturated rings. The van der Waals surface area contributed by atoms with Gasteiger partial charge in [-0.2, -0.15) is 0 Å². The van der Waals surface area contributed by atoms with Gasteiger partial charge in [0.05, 0.1) is 5.75 Å². The highest BCUT2D eigenvalue weighted by molar-refractivity contribution is 9.10. The molecule has 2 aromatic carbocycles. The van der Waals surface area contributed by atoms with Gasteiger partial charge in [-0.15, -0.1) is 23.5 Å². The molecule has 2 rings (SSSR count). The van der Waals surface area contributed by atoms with Gasteiger partial charge in [0, 0.05) is 32.4 Å². The third-order valence-corrected chi connectivity index (χ3v) is 5.98. The number of carbonyl (C=O) groups excluding carboxylic acids is 1. The molecular weight excluding hydrogens is 414 g/mol. The van der Waals surface area contributed by atoms with Gasteiger partial charge in [0.15, 0.2) is 0 Å². The number of hydrogen-bond donors (Lipinski definition) is 1. The topological polar surface area (TPSA) is 29.1 Å². The van der Waals surface area contributed by atoms with Crippen molar-refractivity contribution in [2.75, 3.05) is 18.1 Å². The van der Waals surface area contributed by atoms with Crippen molar-refractivity contribution in [2.24, 2.45) is 0 Å². The van der Waals surface area contributed by atoms with Crippen LogP contribution in [0.2, 0.25) is 5.02 Å². The Balaban J connectivity index is 1.58. The summed E-state index contributed by atoms with van der Waals surface area (Å²) in [5.74, 6) is 2.24. The molecule has 2 nitrogen and oxygen atoms in total. The van der Waals surface area contributed by atoms with Gasteiger partial charge in [-0.3, -0.25) is 4.79 Å². The molecule has 0 bridgehead atoms. The van der Waals surface area contributed by atoms with Gasteiger partial charge in [-0.05, 0) is 35.9 Å². The normalized spacial score (nSPS) is 10.5. The maximum atomic E-state index is 11.8. The average molecular weight is 431 g/mol. The summed E-state index contributed by atoms with van der Waals surface area (Å²) < 4.78 is 1.09. The summed E-state index contributed by atoms with van der Waals surface area (Å²) in [7, 11) is 0. The molecule has 1 N–H and O–H groups in total. The average Bonchev–Trinajstić information content (AvgIpc) is 2.55. The van der Waals surface area contributed by atoms with Crippen molar-refractivity contribution in [1.29, 1.82) is 0 Å². The minimum absolute atomic E-state index is 0.0822. The Bertz CT molecular complexity index is 637. The van der Waals surface area contributed by atoms with Crippen LogP contribution in [0.5, 0.6) is 0 Å². The minimum atomic E-state index is 0.0822. The molecule has 0 atom stereocenters. The van der Waals surface area contributed by atoms with Crippen LogP contribution in [0, 0.1) is 0 Å². The summed E-state index contributed by atoms with van der Waals surface area (Å²) in [6.45, 7) is 0.668. The van der Waals surface area contributed by atoms with Gasteiger partial charge in [0.25, 0.3) is 0 Å². The molecule has 0 saturated heterocycles. The zero-order valence-corrected chi connectivity index (χ0v) is 16.4. The molecule has 0 saturated carbocycles. The second-order valence-corrected chi connectivity index (χ2v) is 8.18. The van der Waals surface area contributed by atoms with Crippen LogP contribution < -0.4 is 5.32 Å². The first-order valence-corrected chi connectivity index (χ1v) is 10.4. The lowest BCUT2D eigenvalue weighted by molar-refractivity contribution is -0.118. The first-order chi connectivity index (χ1) is 11.1. The van der Waals surface area contributed by atoms with E-state index in [1.807, 2.05) is 42.5 Å². The van der Waals surface area contributed by atoms with Gasteiger partial charge in [-0.1, -0.05) is 45.7 Å². The van der Waals surface area contributed by atoms with Gasteiger partial charge in [0.2, 0.25) is 5.91 Å². The summed E-state index contributed by atoms with van der Waals surface area (Å²) in [4.78, 5) is 13.0. The maximum Gasteiger partial charge on any atom is 0.230 e. The summed E-state index contributed by atoms with van der Waals surface area (Å²) in [5.41, 5.74) is 1.21. The van der Waals surface area contributed by atoms with Crippen LogP contribution in [0.4, 0.5) is 0 Å². The van der Waals surface area contributed by atoms with E-state index in [1.54, 1.807) is 23.5 Å². The zero-order chi connectivity index (χ0) is 16.5. The quantitative estimate of drug-likeness (QED) is 0.458. The van der Waals surface area contributed by atoms with Gasteiger partial charge in [-0.25, -0.2) is 0 Å². The fourth-order valence-corrected chi connectivity index (χ4v) is 4.18. The van der Waals surface area contributed by atoms with Crippen LogP contribution in [0.3, 0.4) is 0 Å². The molecule has 1 amide bonds. The molecule has 0 radical (unpaired) electrons. The fraction of sp³-hybridized carbons (Fsp3) is 0.235. The Morgan fingerprint density at radius 2 is 1.87 bits per heavy atom. The molecule has 0 aliphatic rings. The Morgan fingerprint density at radius 3 is 2.61 bits per heavy atom. The van der Waals surface area contributed by atoms with Gasteiger partial charge >= 0.3 is 0 Å². The highest BCUT2D eigenvalue weighted by atomic mass is 79.9. The first-order valence-electron chi connectivity index (χ1n) is 7.11. The number of hydrogen-bond acceptors (Lipinski definition) is 3. The monoisotopic (exact) mass is 429 g/mol. The zero-order valence-electron chi connectivity index (χ0n) is 12.4. The third kappa shape index (κ3) is 7.21. The summed E-state index contributed by atoms with van der Waals surface area (Å²) in [5, 5.41) is 3.69. The minimum Gasteiger partial charge on any atom is -0.355 e. The molecular formula is C17H17BrClNOS2. The summed E-state index contributed by atoms with van der Waals surface area (Å²) in [6.07, 6.45) is 0. The van der Waals surface area contributed by atoms with E-state index in [1.165, 1.54) is 5.56 Å². The Kier molecular flexibility index (Phi) is 8.37. The number of halogens is 2. The summed E-state index contributed by atoms with van der Waals surface area (Å²) >= 11 is 12.7. The predicted octanol–water partition coefficient (Wildman–Crippen LogP) is 5.24. The van der Waals surface area contributed by atoms with Crippen molar-refractivity contribution in [2.45, 2.75) is 10.6 Å². The lowest BCUT2D eigenvalue weighted by atomic mass is 10.2. The molecule has 6 heteroatoms. The number of rotatable bonds is 8. The van der Waals surface area contributed by atoms with E-state index >= 15 is 0 Å². The Hall–Kier alpha value is -0.620. The Morgan fingerprint density at radius 1 is 1.13 bits per heavy atom. The predicted molar refractivity (Wildman–Crippen MR) is 105 cm³/mol. The van der Waals surface area contributed by atoms with E-state index in [9.17, 15) is 4.79 Å². The van der Waals surface area contributed by atoms with Crippen molar-refractivity contribution >= 4 is 57.0 Å². The van der Waals surface area contributed by atoms with Gasteiger partial charge < -0.3 is 5.32 Å². The standard InChI is InChI=1S/C17H17BrClNOS2/c18-16-4-2-1-3-13(16)11-22-12-17(21)20-9-10-23-15-7-5-14(19)6-8-15/h1-8H,9-12H2,(H,20,21). The number of thioether (sulfide) groups is 2. The molecule has 0 aliphatic heterocycles. The summed E-state index contributed by atoms with van der Waals surface area (Å²) in [6, 6.07) is 15.8. The lowest BCUT2D eigenvalue weighted by Gasteiger charge is -2.06. The van der Waals surface area contributed by atoms with Crippen LogP contribution in [-0.4, -0.2) is 24.0 Å². The Labute approximate surface area is 158 Å². The van der Waals surface area contributed by atoms with Crippen LogP contribution in [0.1, 0.15) is 5.56 Å². The number of benzene rings is 2. The van der Waals surface area contributed by atoms with E-state index < -0.39 is 0 Å². The molecule has 23 heavy (non-hydrogen) atoms. The van der Waals surface area contributed by atoms with Crippen molar-refractivity contribution in [3.05, 3.63) is 63.6 Å². The van der Waals surface area contributed by atoms with E-state index in [0.717, 1.165) is 25.9 Å². The van der Waals surface area contributed by atoms with Crippen molar-refractivity contribution in [3.63, 3.8) is 0 Å². The molecule has 2 aromatic rings.